The molecule has 2 aromatic rings. The maximum atomic E-state index is 11.2. The molecule has 1 aromatic carbocycles. The third-order valence-corrected chi connectivity index (χ3v) is 2.86. The van der Waals surface area contributed by atoms with E-state index in [1.807, 2.05) is 31.2 Å². The minimum atomic E-state index is -0.617. The third-order valence-electron chi connectivity index (χ3n) is 2.86. The number of aromatic amines is 1. The van der Waals surface area contributed by atoms with E-state index in [-0.39, 0.29) is 5.97 Å². The molecule has 0 fully saturated rings. The Balaban J connectivity index is 2.26. The number of H-pyrrole nitrogens is 1. The predicted molar refractivity (Wildman–Crippen MR) is 66.7 cm³/mol. The van der Waals surface area contributed by atoms with Crippen molar-refractivity contribution in [1.82, 2.24) is 4.98 Å². The predicted octanol–water partition coefficient (Wildman–Crippen LogP) is 1.52. The molecule has 0 aliphatic rings. The lowest BCUT2D eigenvalue weighted by atomic mass is 10.1. The summed E-state index contributed by atoms with van der Waals surface area (Å²) < 4.78 is 4.60. The smallest absolute Gasteiger partial charge is 0.323 e. The number of rotatable bonds is 3. The molecule has 0 bridgehead atoms. The molecule has 2 rings (SSSR count). The Morgan fingerprint density at radius 1 is 1.53 bits per heavy atom. The summed E-state index contributed by atoms with van der Waals surface area (Å²) in [5.41, 5.74) is 8.95. The number of nitrogens with two attached hydrogens (primary N) is 1. The highest BCUT2D eigenvalue weighted by atomic mass is 16.5. The van der Waals surface area contributed by atoms with Crippen LogP contribution in [0.25, 0.3) is 10.9 Å². The van der Waals surface area contributed by atoms with Crippen LogP contribution in [0.2, 0.25) is 0 Å². The van der Waals surface area contributed by atoms with Crippen LogP contribution in [0, 0.1) is 6.92 Å². The molecule has 1 atom stereocenters. The molecule has 0 aliphatic heterocycles. The van der Waals surface area contributed by atoms with Crippen molar-refractivity contribution in [3.63, 3.8) is 0 Å². The molecule has 1 aromatic heterocycles. The SMILES string of the molecule is COC(=O)C(N)Cc1cc2cccc(C)c2[nH]1. The maximum Gasteiger partial charge on any atom is 0.323 e. The molecule has 1 unspecified atom stereocenters. The molecule has 0 spiro atoms. The van der Waals surface area contributed by atoms with E-state index in [0.717, 1.165) is 16.6 Å². The van der Waals surface area contributed by atoms with Gasteiger partial charge in [-0.15, -0.1) is 0 Å². The highest BCUT2D eigenvalue weighted by Gasteiger charge is 2.15. The van der Waals surface area contributed by atoms with E-state index >= 15 is 0 Å². The molecule has 4 nitrogen and oxygen atoms in total. The van der Waals surface area contributed by atoms with Crippen molar-refractivity contribution in [2.24, 2.45) is 5.73 Å². The number of aryl methyl sites for hydroxylation is 1. The van der Waals surface area contributed by atoms with Gasteiger partial charge in [-0.25, -0.2) is 0 Å². The molecule has 0 amide bonds. The second-order valence-electron chi connectivity index (χ2n) is 4.17. The standard InChI is InChI=1S/C13H16N2O2/c1-8-4-3-5-9-6-10(15-12(8)9)7-11(14)13(16)17-2/h3-6,11,15H,7,14H2,1-2H3. The van der Waals surface area contributed by atoms with Crippen LogP contribution in [0.5, 0.6) is 0 Å². The normalized spacial score (nSPS) is 12.6. The number of methoxy groups -OCH3 is 1. The lowest BCUT2D eigenvalue weighted by Gasteiger charge is -2.06. The number of hydrogen-bond donors (Lipinski definition) is 2. The van der Waals surface area contributed by atoms with Crippen LogP contribution >= 0.6 is 0 Å². The minimum absolute atomic E-state index is 0.389. The van der Waals surface area contributed by atoms with Crippen LogP contribution in [-0.2, 0) is 16.0 Å². The van der Waals surface area contributed by atoms with Crippen molar-refractivity contribution in [1.29, 1.82) is 0 Å². The van der Waals surface area contributed by atoms with Gasteiger partial charge in [0.1, 0.15) is 6.04 Å². The molecule has 0 saturated carbocycles. The lowest BCUT2D eigenvalue weighted by Crippen LogP contribution is -2.33. The van der Waals surface area contributed by atoms with Gasteiger partial charge in [-0.2, -0.15) is 0 Å². The van der Waals surface area contributed by atoms with Gasteiger partial charge < -0.3 is 15.5 Å². The van der Waals surface area contributed by atoms with Crippen LogP contribution in [0.1, 0.15) is 11.3 Å². The number of hydrogen-bond acceptors (Lipinski definition) is 3. The number of carbonyl (C=O) groups excluding carboxylic acids is 1. The number of aromatic nitrogens is 1. The van der Waals surface area contributed by atoms with Gasteiger partial charge in [0.05, 0.1) is 7.11 Å². The Morgan fingerprint density at radius 2 is 2.29 bits per heavy atom. The van der Waals surface area contributed by atoms with Crippen molar-refractivity contribution in [2.45, 2.75) is 19.4 Å². The fourth-order valence-electron chi connectivity index (χ4n) is 1.95. The highest BCUT2D eigenvalue weighted by Crippen LogP contribution is 2.19. The fourth-order valence-corrected chi connectivity index (χ4v) is 1.95. The molecular formula is C13H16N2O2. The Morgan fingerprint density at radius 3 is 2.94 bits per heavy atom. The van der Waals surface area contributed by atoms with Gasteiger partial charge in [0.25, 0.3) is 0 Å². The molecule has 3 N–H and O–H groups in total. The summed E-state index contributed by atoms with van der Waals surface area (Å²) in [6, 6.07) is 7.49. The zero-order valence-corrected chi connectivity index (χ0v) is 9.99. The van der Waals surface area contributed by atoms with E-state index in [1.165, 1.54) is 12.7 Å². The van der Waals surface area contributed by atoms with Gasteiger partial charge in [-0.1, -0.05) is 18.2 Å². The molecular weight excluding hydrogens is 216 g/mol. The highest BCUT2D eigenvalue weighted by molar-refractivity contribution is 5.83. The molecule has 0 aliphatic carbocycles. The van der Waals surface area contributed by atoms with Gasteiger partial charge in [0.15, 0.2) is 0 Å². The molecule has 90 valence electrons. The number of fused-ring (bicyclic) bond motifs is 1. The van der Waals surface area contributed by atoms with Crippen LogP contribution in [0.15, 0.2) is 24.3 Å². The molecule has 0 saturated heterocycles. The van der Waals surface area contributed by atoms with Gasteiger partial charge in [-0.3, -0.25) is 4.79 Å². The Hall–Kier alpha value is -1.81. The summed E-state index contributed by atoms with van der Waals surface area (Å²) in [6.07, 6.45) is 0.459. The lowest BCUT2D eigenvalue weighted by molar-refractivity contribution is -0.142. The van der Waals surface area contributed by atoms with Gasteiger partial charge in [0, 0.05) is 17.6 Å². The van der Waals surface area contributed by atoms with E-state index in [9.17, 15) is 4.79 Å². The quantitative estimate of drug-likeness (QED) is 0.788. The summed E-state index contributed by atoms with van der Waals surface area (Å²) in [6.45, 7) is 2.04. The molecule has 0 radical (unpaired) electrons. The number of carbonyl (C=O) groups is 1. The van der Waals surface area contributed by atoms with Crippen molar-refractivity contribution >= 4 is 16.9 Å². The Bertz CT molecular complexity index is 545. The molecule has 1 heterocycles. The van der Waals surface area contributed by atoms with Crippen LogP contribution < -0.4 is 5.73 Å². The van der Waals surface area contributed by atoms with Crippen molar-refractivity contribution in [2.75, 3.05) is 7.11 Å². The van der Waals surface area contributed by atoms with Crippen LogP contribution in [-0.4, -0.2) is 24.1 Å². The van der Waals surface area contributed by atoms with E-state index in [2.05, 4.69) is 9.72 Å². The van der Waals surface area contributed by atoms with Gasteiger partial charge in [-0.05, 0) is 23.9 Å². The van der Waals surface area contributed by atoms with Crippen molar-refractivity contribution < 1.29 is 9.53 Å². The first kappa shape index (κ1) is 11.7. The van der Waals surface area contributed by atoms with Gasteiger partial charge >= 0.3 is 5.97 Å². The van der Waals surface area contributed by atoms with E-state index < -0.39 is 6.04 Å². The topological polar surface area (TPSA) is 68.1 Å². The Kier molecular flexibility index (Phi) is 3.15. The first-order valence-electron chi connectivity index (χ1n) is 5.52. The number of esters is 1. The van der Waals surface area contributed by atoms with Gasteiger partial charge in [0.2, 0.25) is 0 Å². The first-order chi connectivity index (χ1) is 8.11. The van der Waals surface area contributed by atoms with Crippen molar-refractivity contribution in [3.8, 4) is 0 Å². The van der Waals surface area contributed by atoms with Crippen molar-refractivity contribution in [3.05, 3.63) is 35.5 Å². The summed E-state index contributed by atoms with van der Waals surface area (Å²) in [7, 11) is 1.34. The zero-order valence-electron chi connectivity index (χ0n) is 9.99. The number of para-hydroxylation sites is 1. The molecule has 4 heteroatoms. The average Bonchev–Trinajstić information content (AvgIpc) is 2.72. The first-order valence-corrected chi connectivity index (χ1v) is 5.52. The minimum Gasteiger partial charge on any atom is -0.468 e. The van der Waals surface area contributed by atoms with E-state index in [1.54, 1.807) is 0 Å². The fraction of sp³-hybridized carbons (Fsp3) is 0.308. The zero-order chi connectivity index (χ0) is 12.4. The monoisotopic (exact) mass is 232 g/mol. The van der Waals surface area contributed by atoms with E-state index in [4.69, 9.17) is 5.73 Å². The second-order valence-corrected chi connectivity index (χ2v) is 4.17. The summed E-state index contributed by atoms with van der Waals surface area (Å²) in [5, 5.41) is 1.14. The van der Waals surface area contributed by atoms with E-state index in [0.29, 0.717) is 6.42 Å². The summed E-state index contributed by atoms with van der Waals surface area (Å²) in [4.78, 5) is 14.5. The van der Waals surface area contributed by atoms with Crippen LogP contribution in [0.4, 0.5) is 0 Å². The number of ether oxygens (including phenoxy) is 1. The Labute approximate surface area is 99.8 Å². The molecule has 17 heavy (non-hydrogen) atoms. The third kappa shape index (κ3) is 2.31. The summed E-state index contributed by atoms with van der Waals surface area (Å²) >= 11 is 0. The number of nitrogens with one attached hydrogen (secondary N) is 1. The number of benzene rings is 1. The summed E-state index contributed by atoms with van der Waals surface area (Å²) in [5.74, 6) is -0.389. The maximum absolute atomic E-state index is 11.2. The van der Waals surface area contributed by atoms with Crippen LogP contribution in [0.3, 0.4) is 0 Å². The largest absolute Gasteiger partial charge is 0.468 e. The average molecular weight is 232 g/mol. The second kappa shape index (κ2) is 4.59.